The Morgan fingerprint density at radius 1 is 1.08 bits per heavy atom. The van der Waals surface area contributed by atoms with Crippen LogP contribution in [-0.4, -0.2) is 12.6 Å². The van der Waals surface area contributed by atoms with Gasteiger partial charge in [-0.25, -0.2) is 0 Å². The molecule has 0 bridgehead atoms. The molecule has 3 rings (SSSR count). The summed E-state index contributed by atoms with van der Waals surface area (Å²) in [5, 5.41) is 3.66. The Morgan fingerprint density at radius 3 is 3.00 bits per heavy atom. The Hall–Kier alpha value is -0.300. The minimum Gasteiger partial charge on any atom is -0.306 e. The molecule has 66 valence electrons. The molecular formula is C11H17N. The fourth-order valence-corrected chi connectivity index (χ4v) is 3.35. The molecule has 1 saturated carbocycles. The first-order chi connectivity index (χ1) is 5.95. The van der Waals surface area contributed by atoms with Gasteiger partial charge in [0.2, 0.25) is 0 Å². The van der Waals surface area contributed by atoms with Crippen LogP contribution in [-0.2, 0) is 0 Å². The van der Waals surface area contributed by atoms with Crippen LogP contribution in [0.3, 0.4) is 0 Å². The highest BCUT2D eigenvalue weighted by Gasteiger charge is 2.35. The van der Waals surface area contributed by atoms with Gasteiger partial charge in [0.25, 0.3) is 0 Å². The van der Waals surface area contributed by atoms with Crippen molar-refractivity contribution in [1.29, 1.82) is 0 Å². The molecule has 1 N–H and O–H groups in total. The minimum absolute atomic E-state index is 0.805. The van der Waals surface area contributed by atoms with Crippen molar-refractivity contribution in [2.75, 3.05) is 6.54 Å². The standard InChI is InChI=1S/C11H17N/c1-3-8-4-2-6-10-11(8)9(5-1)7-12-10/h8,10,12H,1-7H2. The molecule has 1 heterocycles. The molecule has 0 spiro atoms. The molecule has 0 radical (unpaired) electrons. The largest absolute Gasteiger partial charge is 0.306 e. The Kier molecular flexibility index (Phi) is 1.54. The monoisotopic (exact) mass is 163 g/mol. The zero-order valence-corrected chi connectivity index (χ0v) is 7.60. The average molecular weight is 163 g/mol. The van der Waals surface area contributed by atoms with Gasteiger partial charge in [-0.05, 0) is 43.6 Å². The highest BCUT2D eigenvalue weighted by atomic mass is 14.9. The molecule has 1 heteroatoms. The molecule has 2 aliphatic carbocycles. The highest BCUT2D eigenvalue weighted by Crippen LogP contribution is 2.42. The van der Waals surface area contributed by atoms with Gasteiger partial charge in [-0.2, -0.15) is 0 Å². The van der Waals surface area contributed by atoms with Crippen LogP contribution in [0.2, 0.25) is 0 Å². The maximum absolute atomic E-state index is 3.66. The second-order valence-corrected chi connectivity index (χ2v) is 4.51. The third-order valence-corrected chi connectivity index (χ3v) is 3.86. The topological polar surface area (TPSA) is 12.0 Å². The Bertz CT molecular complexity index is 229. The summed E-state index contributed by atoms with van der Waals surface area (Å²) in [6.07, 6.45) is 8.69. The average Bonchev–Trinajstić information content (AvgIpc) is 2.52. The molecule has 0 aromatic rings. The fraction of sp³-hybridized carbons (Fsp3) is 0.818. The molecule has 0 aromatic carbocycles. The zero-order valence-electron chi connectivity index (χ0n) is 7.60. The summed E-state index contributed by atoms with van der Waals surface area (Å²) < 4.78 is 0. The van der Waals surface area contributed by atoms with Crippen LogP contribution in [0.1, 0.15) is 38.5 Å². The Balaban J connectivity index is 1.98. The predicted octanol–water partition coefficient (Wildman–Crippen LogP) is 2.24. The van der Waals surface area contributed by atoms with E-state index >= 15 is 0 Å². The van der Waals surface area contributed by atoms with Crippen LogP contribution in [0, 0.1) is 5.92 Å². The van der Waals surface area contributed by atoms with Gasteiger partial charge >= 0.3 is 0 Å². The molecule has 1 aliphatic heterocycles. The van der Waals surface area contributed by atoms with E-state index in [1.54, 1.807) is 5.57 Å². The smallest absolute Gasteiger partial charge is 0.0288 e. The van der Waals surface area contributed by atoms with Crippen LogP contribution in [0.4, 0.5) is 0 Å². The van der Waals surface area contributed by atoms with Crippen molar-refractivity contribution in [3.05, 3.63) is 11.1 Å². The second kappa shape index (κ2) is 2.59. The van der Waals surface area contributed by atoms with E-state index in [1.807, 2.05) is 5.57 Å². The molecule has 3 aliphatic rings. The van der Waals surface area contributed by atoms with Gasteiger partial charge in [0.05, 0.1) is 0 Å². The molecule has 1 fully saturated rings. The van der Waals surface area contributed by atoms with Gasteiger partial charge < -0.3 is 5.32 Å². The lowest BCUT2D eigenvalue weighted by Crippen LogP contribution is -2.31. The van der Waals surface area contributed by atoms with Crippen molar-refractivity contribution in [2.45, 2.75) is 44.6 Å². The van der Waals surface area contributed by atoms with Crippen molar-refractivity contribution in [1.82, 2.24) is 5.32 Å². The van der Waals surface area contributed by atoms with Crippen LogP contribution < -0.4 is 5.32 Å². The Morgan fingerprint density at radius 2 is 2.00 bits per heavy atom. The molecule has 2 atom stereocenters. The molecule has 0 saturated heterocycles. The quantitative estimate of drug-likeness (QED) is 0.540. The summed E-state index contributed by atoms with van der Waals surface area (Å²) in [6, 6.07) is 0.805. The lowest BCUT2D eigenvalue weighted by atomic mass is 9.74. The highest BCUT2D eigenvalue weighted by molar-refractivity contribution is 5.32. The second-order valence-electron chi connectivity index (χ2n) is 4.51. The molecular weight excluding hydrogens is 146 g/mol. The normalized spacial score (nSPS) is 40.0. The van der Waals surface area contributed by atoms with Crippen molar-refractivity contribution in [3.8, 4) is 0 Å². The van der Waals surface area contributed by atoms with Crippen molar-refractivity contribution < 1.29 is 0 Å². The summed E-state index contributed by atoms with van der Waals surface area (Å²) in [5.41, 5.74) is 3.64. The van der Waals surface area contributed by atoms with Gasteiger partial charge in [0.1, 0.15) is 0 Å². The van der Waals surface area contributed by atoms with Crippen molar-refractivity contribution >= 4 is 0 Å². The van der Waals surface area contributed by atoms with Gasteiger partial charge in [0.15, 0.2) is 0 Å². The maximum Gasteiger partial charge on any atom is 0.0288 e. The Labute approximate surface area is 74.2 Å². The van der Waals surface area contributed by atoms with Crippen LogP contribution in [0.15, 0.2) is 11.1 Å². The SMILES string of the molecule is C1CC2=C3C(C1)CCCC3NC2. The summed E-state index contributed by atoms with van der Waals surface area (Å²) in [7, 11) is 0. The summed E-state index contributed by atoms with van der Waals surface area (Å²) in [4.78, 5) is 0. The number of nitrogens with one attached hydrogen (secondary N) is 1. The van der Waals surface area contributed by atoms with Gasteiger partial charge in [-0.3, -0.25) is 0 Å². The van der Waals surface area contributed by atoms with E-state index in [4.69, 9.17) is 0 Å². The lowest BCUT2D eigenvalue weighted by molar-refractivity contribution is 0.370. The fourth-order valence-electron chi connectivity index (χ4n) is 3.35. The van der Waals surface area contributed by atoms with E-state index in [2.05, 4.69) is 5.32 Å². The van der Waals surface area contributed by atoms with E-state index in [1.165, 1.54) is 45.1 Å². The van der Waals surface area contributed by atoms with E-state index in [9.17, 15) is 0 Å². The van der Waals surface area contributed by atoms with E-state index in [0.717, 1.165) is 12.0 Å². The molecule has 2 unspecified atom stereocenters. The van der Waals surface area contributed by atoms with Gasteiger partial charge in [-0.15, -0.1) is 0 Å². The zero-order chi connectivity index (χ0) is 7.97. The summed E-state index contributed by atoms with van der Waals surface area (Å²) in [5.74, 6) is 0.988. The number of rotatable bonds is 0. The van der Waals surface area contributed by atoms with Crippen molar-refractivity contribution in [3.63, 3.8) is 0 Å². The molecule has 1 nitrogen and oxygen atoms in total. The first kappa shape index (κ1) is 7.14. The van der Waals surface area contributed by atoms with Crippen molar-refractivity contribution in [2.24, 2.45) is 5.92 Å². The summed E-state index contributed by atoms with van der Waals surface area (Å²) >= 11 is 0. The molecule has 0 amide bonds. The number of hydrogen-bond donors (Lipinski definition) is 1. The summed E-state index contributed by atoms with van der Waals surface area (Å²) in [6.45, 7) is 1.22. The first-order valence-corrected chi connectivity index (χ1v) is 5.40. The molecule has 12 heavy (non-hydrogen) atoms. The third-order valence-electron chi connectivity index (χ3n) is 3.86. The minimum atomic E-state index is 0.805. The first-order valence-electron chi connectivity index (χ1n) is 5.40. The van der Waals surface area contributed by atoms with Crippen LogP contribution in [0.25, 0.3) is 0 Å². The van der Waals surface area contributed by atoms with E-state index in [-0.39, 0.29) is 0 Å². The van der Waals surface area contributed by atoms with Crippen LogP contribution >= 0.6 is 0 Å². The van der Waals surface area contributed by atoms with Gasteiger partial charge in [0, 0.05) is 12.6 Å². The maximum atomic E-state index is 3.66. The van der Waals surface area contributed by atoms with E-state index in [0.29, 0.717) is 0 Å². The number of hydrogen-bond acceptors (Lipinski definition) is 1. The van der Waals surface area contributed by atoms with Crippen LogP contribution in [0.5, 0.6) is 0 Å². The van der Waals surface area contributed by atoms with E-state index < -0.39 is 0 Å². The lowest BCUT2D eigenvalue weighted by Gasteiger charge is -2.32. The molecule has 0 aromatic heterocycles. The predicted molar refractivity (Wildman–Crippen MR) is 50.0 cm³/mol. The third kappa shape index (κ3) is 0.891. The van der Waals surface area contributed by atoms with Gasteiger partial charge in [-0.1, -0.05) is 12.0 Å².